The van der Waals surface area contributed by atoms with Gasteiger partial charge in [0.15, 0.2) is 5.82 Å². The van der Waals surface area contributed by atoms with Crippen molar-refractivity contribution in [1.29, 1.82) is 0 Å². The summed E-state index contributed by atoms with van der Waals surface area (Å²) in [5.74, 6) is -0.508. The van der Waals surface area contributed by atoms with Crippen molar-refractivity contribution in [3.05, 3.63) is 40.7 Å². The van der Waals surface area contributed by atoms with E-state index < -0.39 is 11.6 Å². The Morgan fingerprint density at radius 2 is 2.17 bits per heavy atom. The molecular formula is C15H13F2N5OS. The number of benzene rings is 1. The van der Waals surface area contributed by atoms with Gasteiger partial charge in [0.05, 0.1) is 5.69 Å². The summed E-state index contributed by atoms with van der Waals surface area (Å²) in [6, 6.07) is 3.03. The number of anilines is 1. The van der Waals surface area contributed by atoms with Crippen molar-refractivity contribution >= 4 is 27.9 Å². The summed E-state index contributed by atoms with van der Waals surface area (Å²) in [5.41, 5.74) is -0.0319. The second kappa shape index (κ2) is 5.90. The summed E-state index contributed by atoms with van der Waals surface area (Å²) in [7, 11) is 0. The lowest BCUT2D eigenvalue weighted by Gasteiger charge is -2.05. The topological polar surface area (TPSA) is 72.2 Å². The molecule has 24 heavy (non-hydrogen) atoms. The van der Waals surface area contributed by atoms with Gasteiger partial charge in [-0.2, -0.15) is 9.61 Å². The first kappa shape index (κ1) is 15.1. The minimum absolute atomic E-state index is 0.0319. The number of aromatic nitrogens is 4. The predicted octanol–water partition coefficient (Wildman–Crippen LogP) is 2.91. The van der Waals surface area contributed by atoms with E-state index in [9.17, 15) is 13.6 Å². The molecule has 4 rings (SSSR count). The van der Waals surface area contributed by atoms with Gasteiger partial charge in [-0.05, 0) is 25.0 Å². The average Bonchev–Trinajstić information content (AvgIpc) is 3.18. The number of carbonyl (C=O) groups is 1. The number of nitrogens with one attached hydrogen (secondary N) is 1. The van der Waals surface area contributed by atoms with Crippen LogP contribution in [0.5, 0.6) is 0 Å². The molecule has 0 atom stereocenters. The number of amides is 1. The maximum atomic E-state index is 13.5. The number of nitrogens with zero attached hydrogens (tertiary/aromatic N) is 4. The molecule has 2 heterocycles. The number of fused-ring (bicyclic) bond motifs is 1. The monoisotopic (exact) mass is 349 g/mol. The SMILES string of the molecule is O=C(CCc1nn2c(C3CC3)nnc2s1)Nc1ccc(F)cc1F. The van der Waals surface area contributed by atoms with Crippen molar-refractivity contribution < 1.29 is 13.6 Å². The van der Waals surface area contributed by atoms with Crippen LogP contribution >= 0.6 is 11.3 Å². The fourth-order valence-electron chi connectivity index (χ4n) is 2.39. The van der Waals surface area contributed by atoms with E-state index >= 15 is 0 Å². The zero-order chi connectivity index (χ0) is 16.7. The Hall–Kier alpha value is -2.42. The van der Waals surface area contributed by atoms with Crippen molar-refractivity contribution in [2.45, 2.75) is 31.6 Å². The van der Waals surface area contributed by atoms with Crippen molar-refractivity contribution in [1.82, 2.24) is 19.8 Å². The van der Waals surface area contributed by atoms with Crippen LogP contribution in [0.2, 0.25) is 0 Å². The first-order valence-corrected chi connectivity index (χ1v) is 8.38. The summed E-state index contributed by atoms with van der Waals surface area (Å²) in [4.78, 5) is 12.7. The third-order valence-electron chi connectivity index (χ3n) is 3.77. The molecule has 1 fully saturated rings. The Kier molecular flexibility index (Phi) is 3.72. The van der Waals surface area contributed by atoms with Crippen molar-refractivity contribution in [3.63, 3.8) is 0 Å². The van der Waals surface area contributed by atoms with Gasteiger partial charge in [-0.1, -0.05) is 11.3 Å². The Morgan fingerprint density at radius 3 is 2.92 bits per heavy atom. The van der Waals surface area contributed by atoms with Crippen LogP contribution in [0.15, 0.2) is 18.2 Å². The quantitative estimate of drug-likeness (QED) is 0.769. The zero-order valence-electron chi connectivity index (χ0n) is 12.5. The molecule has 0 bridgehead atoms. The summed E-state index contributed by atoms with van der Waals surface area (Å²) >= 11 is 1.39. The lowest BCUT2D eigenvalue weighted by Crippen LogP contribution is -2.13. The normalized spacial score (nSPS) is 14.2. The molecule has 0 unspecified atom stereocenters. The van der Waals surface area contributed by atoms with E-state index in [2.05, 4.69) is 20.6 Å². The predicted molar refractivity (Wildman–Crippen MR) is 83.9 cm³/mol. The number of aryl methyl sites for hydroxylation is 1. The van der Waals surface area contributed by atoms with Crippen LogP contribution < -0.4 is 5.32 Å². The van der Waals surface area contributed by atoms with E-state index in [1.807, 2.05) is 0 Å². The molecule has 1 aliphatic rings. The van der Waals surface area contributed by atoms with Gasteiger partial charge in [0.1, 0.15) is 16.6 Å². The standard InChI is InChI=1S/C15H13F2N5OS/c16-9-3-4-11(10(17)7-9)18-12(23)5-6-13-21-22-14(8-1-2-8)19-20-15(22)24-13/h3-4,7-8H,1-2,5-6H2,(H,18,23). The Labute approximate surface area is 139 Å². The highest BCUT2D eigenvalue weighted by Crippen LogP contribution is 2.39. The van der Waals surface area contributed by atoms with E-state index in [1.165, 1.54) is 17.4 Å². The molecule has 1 aliphatic carbocycles. The molecule has 1 N–H and O–H groups in total. The van der Waals surface area contributed by atoms with Crippen LogP contribution in [0.25, 0.3) is 4.96 Å². The Balaban J connectivity index is 1.40. The second-order valence-corrected chi connectivity index (χ2v) is 6.74. The fourth-order valence-corrected chi connectivity index (χ4v) is 3.23. The van der Waals surface area contributed by atoms with Crippen LogP contribution in [0.3, 0.4) is 0 Å². The molecule has 124 valence electrons. The molecule has 0 radical (unpaired) electrons. The van der Waals surface area contributed by atoms with Crippen molar-refractivity contribution in [2.75, 3.05) is 5.32 Å². The first-order valence-electron chi connectivity index (χ1n) is 7.56. The van der Waals surface area contributed by atoms with Gasteiger partial charge in [0, 0.05) is 24.8 Å². The highest BCUT2D eigenvalue weighted by Gasteiger charge is 2.30. The molecule has 0 spiro atoms. The fraction of sp³-hybridized carbons (Fsp3) is 0.333. The van der Waals surface area contributed by atoms with Crippen LogP contribution in [0, 0.1) is 11.6 Å². The summed E-state index contributed by atoms with van der Waals surface area (Å²) in [6.45, 7) is 0. The lowest BCUT2D eigenvalue weighted by molar-refractivity contribution is -0.116. The van der Waals surface area contributed by atoms with Gasteiger partial charge < -0.3 is 5.32 Å². The molecule has 0 aliphatic heterocycles. The van der Waals surface area contributed by atoms with Crippen molar-refractivity contribution in [3.8, 4) is 0 Å². The van der Waals surface area contributed by atoms with E-state index in [0.29, 0.717) is 12.3 Å². The average molecular weight is 349 g/mol. The highest BCUT2D eigenvalue weighted by molar-refractivity contribution is 7.16. The van der Waals surface area contributed by atoms with Gasteiger partial charge in [-0.25, -0.2) is 8.78 Å². The maximum Gasteiger partial charge on any atom is 0.234 e. The zero-order valence-corrected chi connectivity index (χ0v) is 13.3. The smallest absolute Gasteiger partial charge is 0.234 e. The van der Waals surface area contributed by atoms with Gasteiger partial charge in [-0.15, -0.1) is 10.2 Å². The van der Waals surface area contributed by atoms with Crippen LogP contribution in [-0.2, 0) is 11.2 Å². The van der Waals surface area contributed by atoms with E-state index in [1.54, 1.807) is 4.52 Å². The van der Waals surface area contributed by atoms with Crippen LogP contribution in [0.4, 0.5) is 14.5 Å². The third kappa shape index (κ3) is 2.99. The summed E-state index contributed by atoms with van der Waals surface area (Å²) < 4.78 is 28.1. The van der Waals surface area contributed by atoms with Crippen LogP contribution in [-0.4, -0.2) is 25.7 Å². The molecule has 2 aromatic heterocycles. The Morgan fingerprint density at radius 1 is 1.33 bits per heavy atom. The molecular weight excluding hydrogens is 336 g/mol. The molecule has 6 nitrogen and oxygen atoms in total. The second-order valence-electron chi connectivity index (χ2n) is 5.69. The molecule has 1 aromatic carbocycles. The third-order valence-corrected chi connectivity index (χ3v) is 4.73. The first-order chi connectivity index (χ1) is 11.6. The molecule has 9 heteroatoms. The number of hydrogen-bond acceptors (Lipinski definition) is 5. The number of hydrogen-bond donors (Lipinski definition) is 1. The minimum atomic E-state index is -0.795. The van der Waals surface area contributed by atoms with Gasteiger partial charge in [0.2, 0.25) is 10.9 Å². The van der Waals surface area contributed by atoms with E-state index in [0.717, 1.165) is 40.8 Å². The number of carbonyl (C=O) groups excluding carboxylic acids is 1. The van der Waals surface area contributed by atoms with Gasteiger partial charge in [0.25, 0.3) is 0 Å². The summed E-state index contributed by atoms with van der Waals surface area (Å²) in [5, 5.41) is 15.9. The van der Waals surface area contributed by atoms with Gasteiger partial charge in [-0.3, -0.25) is 4.79 Å². The number of rotatable bonds is 5. The highest BCUT2D eigenvalue weighted by atomic mass is 32.1. The number of halogens is 2. The largest absolute Gasteiger partial charge is 0.324 e. The molecule has 1 amide bonds. The summed E-state index contributed by atoms with van der Waals surface area (Å²) in [6.07, 6.45) is 2.80. The van der Waals surface area contributed by atoms with E-state index in [4.69, 9.17) is 0 Å². The molecule has 1 saturated carbocycles. The lowest BCUT2D eigenvalue weighted by atomic mass is 10.2. The maximum absolute atomic E-state index is 13.5. The van der Waals surface area contributed by atoms with Gasteiger partial charge >= 0.3 is 0 Å². The van der Waals surface area contributed by atoms with Crippen molar-refractivity contribution in [2.24, 2.45) is 0 Å². The molecule has 0 saturated heterocycles. The molecule has 3 aromatic rings. The van der Waals surface area contributed by atoms with Crippen LogP contribution in [0.1, 0.15) is 36.0 Å². The Bertz CT molecular complexity index is 918. The minimum Gasteiger partial charge on any atom is -0.324 e. The van der Waals surface area contributed by atoms with E-state index in [-0.39, 0.29) is 18.0 Å².